The second kappa shape index (κ2) is 3.38. The summed E-state index contributed by atoms with van der Waals surface area (Å²) in [4.78, 5) is 25.5. The van der Waals surface area contributed by atoms with E-state index in [1.165, 1.54) is 13.9 Å². The van der Waals surface area contributed by atoms with Gasteiger partial charge >= 0.3 is 13.1 Å². The summed E-state index contributed by atoms with van der Waals surface area (Å²) in [6.45, 7) is 1.48. The quantitative estimate of drug-likeness (QED) is 0.465. The van der Waals surface area contributed by atoms with Gasteiger partial charge in [0.25, 0.3) is 5.97 Å². The van der Waals surface area contributed by atoms with Gasteiger partial charge in [-0.25, -0.2) is 4.79 Å². The highest BCUT2D eigenvalue weighted by Crippen LogP contribution is 2.03. The molecule has 0 radical (unpaired) electrons. The molecule has 0 bridgehead atoms. The van der Waals surface area contributed by atoms with E-state index < -0.39 is 19.1 Å². The van der Waals surface area contributed by atoms with E-state index in [2.05, 4.69) is 14.3 Å². The van der Waals surface area contributed by atoms with Crippen molar-refractivity contribution in [2.24, 2.45) is 4.99 Å². The molecule has 6 heteroatoms. The van der Waals surface area contributed by atoms with Crippen molar-refractivity contribution in [3.05, 3.63) is 0 Å². The maximum atomic E-state index is 11.0. The highest BCUT2D eigenvalue weighted by atomic mass is 16.6. The number of carbonyl (C=O) groups is 2. The molecule has 1 fully saturated rings. The van der Waals surface area contributed by atoms with E-state index in [9.17, 15) is 9.59 Å². The minimum absolute atomic E-state index is 0.101. The average Bonchev–Trinajstić information content (AvgIpc) is 2.09. The molecule has 0 saturated carbocycles. The van der Waals surface area contributed by atoms with Crippen molar-refractivity contribution in [3.63, 3.8) is 0 Å². The Hall–Kier alpha value is -1.33. The number of carbonyl (C=O) groups excluding carboxylic acids is 2. The van der Waals surface area contributed by atoms with Gasteiger partial charge in [0.05, 0.1) is 6.42 Å². The van der Waals surface area contributed by atoms with Crippen LogP contribution in [0.4, 0.5) is 0 Å². The molecule has 0 N–H and O–H groups in total. The third kappa shape index (κ3) is 1.84. The first-order chi connectivity index (χ1) is 5.63. The normalized spacial score (nSPS) is 21.8. The summed E-state index contributed by atoms with van der Waals surface area (Å²) in [5.74, 6) is -1.08. The van der Waals surface area contributed by atoms with E-state index in [0.717, 1.165) is 0 Å². The summed E-state index contributed by atoms with van der Waals surface area (Å²) in [7, 11) is 0.615. The van der Waals surface area contributed by atoms with Crippen molar-refractivity contribution in [2.75, 3.05) is 7.05 Å². The van der Waals surface area contributed by atoms with Gasteiger partial charge in [-0.05, 0) is 6.82 Å². The predicted molar refractivity (Wildman–Crippen MR) is 41.8 cm³/mol. The van der Waals surface area contributed by atoms with Gasteiger partial charge in [-0.15, -0.1) is 0 Å². The van der Waals surface area contributed by atoms with Crippen LogP contribution in [-0.2, 0) is 18.9 Å². The number of nitrogens with zero attached hydrogens (tertiary/aromatic N) is 1. The SMILES string of the molecule is CN=C1CC(=O)OB(C)OC1=O. The lowest BCUT2D eigenvalue weighted by molar-refractivity contribution is -0.134. The van der Waals surface area contributed by atoms with Gasteiger partial charge in [-0.3, -0.25) is 9.79 Å². The molecule has 0 aliphatic carbocycles. The maximum Gasteiger partial charge on any atom is 0.595 e. The summed E-state index contributed by atoms with van der Waals surface area (Å²) < 4.78 is 9.32. The lowest BCUT2D eigenvalue weighted by Gasteiger charge is -2.02. The Bertz CT molecular complexity index is 250. The van der Waals surface area contributed by atoms with Crippen LogP contribution in [0.25, 0.3) is 0 Å². The summed E-state index contributed by atoms with van der Waals surface area (Å²) >= 11 is 0. The fourth-order valence-corrected chi connectivity index (χ4v) is 0.849. The Kier molecular flexibility index (Phi) is 2.47. The fraction of sp³-hybridized carbons (Fsp3) is 0.500. The fourth-order valence-electron chi connectivity index (χ4n) is 0.849. The summed E-state index contributed by atoms with van der Waals surface area (Å²) in [6.07, 6.45) is -0.111. The molecule has 0 spiro atoms. The van der Waals surface area contributed by atoms with Gasteiger partial charge in [0, 0.05) is 7.05 Å². The van der Waals surface area contributed by atoms with Crippen LogP contribution in [0, 0.1) is 0 Å². The van der Waals surface area contributed by atoms with E-state index in [0.29, 0.717) is 0 Å². The molecule has 12 heavy (non-hydrogen) atoms. The van der Waals surface area contributed by atoms with Crippen LogP contribution in [0.15, 0.2) is 4.99 Å². The van der Waals surface area contributed by atoms with Gasteiger partial charge in [0.2, 0.25) is 0 Å². The van der Waals surface area contributed by atoms with E-state index in [-0.39, 0.29) is 12.1 Å². The van der Waals surface area contributed by atoms with Gasteiger partial charge < -0.3 is 9.31 Å². The van der Waals surface area contributed by atoms with Crippen molar-refractivity contribution in [3.8, 4) is 0 Å². The minimum atomic E-state index is -0.816. The van der Waals surface area contributed by atoms with Gasteiger partial charge in [0.1, 0.15) is 5.71 Å². The highest BCUT2D eigenvalue weighted by molar-refractivity contribution is 6.55. The van der Waals surface area contributed by atoms with E-state index in [1.54, 1.807) is 0 Å². The maximum absolute atomic E-state index is 11.0. The molecule has 64 valence electrons. The van der Waals surface area contributed by atoms with Gasteiger partial charge in [0.15, 0.2) is 0 Å². The third-order valence-corrected chi connectivity index (χ3v) is 1.39. The molecule has 5 nitrogen and oxygen atoms in total. The minimum Gasteiger partial charge on any atom is -0.499 e. The largest absolute Gasteiger partial charge is 0.595 e. The Morgan fingerprint density at radius 1 is 1.42 bits per heavy atom. The van der Waals surface area contributed by atoms with E-state index in [4.69, 9.17) is 0 Å². The van der Waals surface area contributed by atoms with Crippen molar-refractivity contribution in [2.45, 2.75) is 13.2 Å². The zero-order chi connectivity index (χ0) is 9.14. The van der Waals surface area contributed by atoms with Crippen LogP contribution in [0.5, 0.6) is 0 Å². The third-order valence-electron chi connectivity index (χ3n) is 1.39. The summed E-state index contributed by atoms with van der Waals surface area (Å²) in [5, 5.41) is 0. The molecule has 1 heterocycles. The molecule has 0 aromatic heterocycles. The number of hydrogen-bond donors (Lipinski definition) is 0. The molecule has 0 aromatic rings. The Morgan fingerprint density at radius 3 is 2.67 bits per heavy atom. The lowest BCUT2D eigenvalue weighted by Crippen LogP contribution is -2.22. The number of hydrogen-bond acceptors (Lipinski definition) is 5. The van der Waals surface area contributed by atoms with E-state index in [1.807, 2.05) is 0 Å². The van der Waals surface area contributed by atoms with Gasteiger partial charge in [-0.2, -0.15) is 0 Å². The molecule has 0 unspecified atom stereocenters. The van der Waals surface area contributed by atoms with Crippen molar-refractivity contribution >= 4 is 24.8 Å². The highest BCUT2D eigenvalue weighted by Gasteiger charge is 2.30. The zero-order valence-electron chi connectivity index (χ0n) is 6.86. The monoisotopic (exact) mass is 169 g/mol. The van der Waals surface area contributed by atoms with Crippen molar-refractivity contribution in [1.82, 2.24) is 0 Å². The van der Waals surface area contributed by atoms with Crippen molar-refractivity contribution in [1.29, 1.82) is 0 Å². The molecule has 0 atom stereocenters. The average molecular weight is 169 g/mol. The van der Waals surface area contributed by atoms with Crippen LogP contribution in [0.2, 0.25) is 6.82 Å². The lowest BCUT2D eigenvalue weighted by atomic mass is 9.96. The molecule has 1 aliphatic heterocycles. The van der Waals surface area contributed by atoms with Crippen LogP contribution in [0.3, 0.4) is 0 Å². The first kappa shape index (κ1) is 8.77. The summed E-state index contributed by atoms with van der Waals surface area (Å²) in [6, 6.07) is 0. The number of rotatable bonds is 0. The Labute approximate surface area is 69.9 Å². The standard InChI is InChI=1S/C6H8BNO4/c1-7-11-5(9)3-4(8-2)6(10)12-7/h3H2,1-2H3. The van der Waals surface area contributed by atoms with Crippen LogP contribution in [-0.4, -0.2) is 31.8 Å². The van der Waals surface area contributed by atoms with E-state index >= 15 is 0 Å². The van der Waals surface area contributed by atoms with Gasteiger partial charge in [-0.1, -0.05) is 0 Å². The zero-order valence-corrected chi connectivity index (χ0v) is 6.86. The second-order valence-corrected chi connectivity index (χ2v) is 2.31. The molecule has 1 saturated heterocycles. The molecule has 1 rings (SSSR count). The van der Waals surface area contributed by atoms with Crippen LogP contribution in [0.1, 0.15) is 6.42 Å². The first-order valence-corrected chi connectivity index (χ1v) is 3.49. The topological polar surface area (TPSA) is 65.0 Å². The molecule has 0 amide bonds. The second-order valence-electron chi connectivity index (χ2n) is 2.31. The number of aliphatic imine (C=N–C) groups is 1. The predicted octanol–water partition coefficient (Wildman–Crippen LogP) is -0.335. The van der Waals surface area contributed by atoms with Crippen LogP contribution >= 0.6 is 0 Å². The smallest absolute Gasteiger partial charge is 0.499 e. The van der Waals surface area contributed by atoms with Crippen molar-refractivity contribution < 1.29 is 18.9 Å². The Balaban J connectivity index is 2.81. The molecule has 1 aliphatic rings. The first-order valence-electron chi connectivity index (χ1n) is 3.49. The molecular formula is C6H8BNO4. The Morgan fingerprint density at radius 2 is 2.08 bits per heavy atom. The molecule has 0 aromatic carbocycles. The summed E-state index contributed by atoms with van der Waals surface area (Å²) in [5.41, 5.74) is 0.101. The molecular weight excluding hydrogens is 161 g/mol. The van der Waals surface area contributed by atoms with Crippen LogP contribution < -0.4 is 0 Å².